The molecule has 1 heterocycles. The number of sulfonamides is 1. The average molecular weight is 548 g/mol. The van der Waals surface area contributed by atoms with Crippen molar-refractivity contribution >= 4 is 45.1 Å². The van der Waals surface area contributed by atoms with E-state index in [2.05, 4.69) is 15.5 Å². The molecule has 3 aromatic rings. The Morgan fingerprint density at radius 1 is 1.19 bits per heavy atom. The largest absolute Gasteiger partial charge is 0.329 e. The topological polar surface area (TPSA) is 166 Å². The standard InChI is InChI=1S/C22H25N7O6S2/c1-4-5-11-27(3)37(34,35)21-14-17(28(30)31)7-8-18(21)25-24-15-16-6-9-20(19(13-16)29(32)33)36-22-23-10-12-26(22)2/h6-10,12-15,25H,4-5,11H2,1-3H3/b24-15-. The number of aryl methyl sites for hydroxylation is 1. The molecular formula is C22H25N7O6S2. The lowest BCUT2D eigenvalue weighted by molar-refractivity contribution is -0.387. The zero-order valence-corrected chi connectivity index (χ0v) is 21.9. The lowest BCUT2D eigenvalue weighted by Gasteiger charge is -2.18. The molecule has 0 radical (unpaired) electrons. The van der Waals surface area contributed by atoms with Gasteiger partial charge < -0.3 is 4.57 Å². The van der Waals surface area contributed by atoms with E-state index in [0.717, 1.165) is 34.6 Å². The third-order valence-corrected chi connectivity index (χ3v) is 8.29. The highest BCUT2D eigenvalue weighted by Crippen LogP contribution is 2.34. The van der Waals surface area contributed by atoms with E-state index >= 15 is 0 Å². The molecule has 0 fully saturated rings. The van der Waals surface area contributed by atoms with Gasteiger partial charge in [-0.15, -0.1) is 0 Å². The summed E-state index contributed by atoms with van der Waals surface area (Å²) in [5.74, 6) is 0. The molecular weight excluding hydrogens is 522 g/mol. The van der Waals surface area contributed by atoms with Gasteiger partial charge in [0.1, 0.15) is 4.90 Å². The van der Waals surface area contributed by atoms with Crippen LogP contribution < -0.4 is 5.43 Å². The second-order valence-corrected chi connectivity index (χ2v) is 10.9. The van der Waals surface area contributed by atoms with Crippen LogP contribution in [0.4, 0.5) is 17.1 Å². The van der Waals surface area contributed by atoms with Gasteiger partial charge in [0.2, 0.25) is 10.0 Å². The quantitative estimate of drug-likeness (QED) is 0.198. The number of nitrogens with zero attached hydrogens (tertiary/aromatic N) is 6. The summed E-state index contributed by atoms with van der Waals surface area (Å²) in [5, 5.41) is 27.5. The summed E-state index contributed by atoms with van der Waals surface area (Å²) < 4.78 is 29.1. The molecule has 0 amide bonds. The van der Waals surface area contributed by atoms with E-state index in [4.69, 9.17) is 0 Å². The Labute approximate surface area is 217 Å². The number of nitro groups is 2. The van der Waals surface area contributed by atoms with Crippen LogP contribution in [0.2, 0.25) is 0 Å². The van der Waals surface area contributed by atoms with Gasteiger partial charge in [0.15, 0.2) is 5.16 Å². The van der Waals surface area contributed by atoms with Crippen LogP contribution in [0.25, 0.3) is 0 Å². The molecule has 0 saturated heterocycles. The van der Waals surface area contributed by atoms with Crippen molar-refractivity contribution in [2.24, 2.45) is 12.1 Å². The molecule has 0 aliphatic carbocycles. The molecule has 0 bridgehead atoms. The predicted octanol–water partition coefficient (Wildman–Crippen LogP) is 4.25. The number of hydrogen-bond donors (Lipinski definition) is 1. The van der Waals surface area contributed by atoms with Crippen LogP contribution in [0.3, 0.4) is 0 Å². The first kappa shape index (κ1) is 27.8. The van der Waals surface area contributed by atoms with Crippen molar-refractivity contribution in [3.63, 3.8) is 0 Å². The Balaban J connectivity index is 1.89. The average Bonchev–Trinajstić information content (AvgIpc) is 3.27. The molecule has 13 nitrogen and oxygen atoms in total. The van der Waals surface area contributed by atoms with Gasteiger partial charge >= 0.3 is 0 Å². The first-order valence-electron chi connectivity index (χ1n) is 11.0. The van der Waals surface area contributed by atoms with E-state index in [1.54, 1.807) is 36.1 Å². The van der Waals surface area contributed by atoms with Crippen molar-refractivity contribution in [3.05, 3.63) is 74.6 Å². The van der Waals surface area contributed by atoms with Crippen molar-refractivity contribution in [2.75, 3.05) is 19.0 Å². The lowest BCUT2D eigenvalue weighted by atomic mass is 10.2. The number of imidazole rings is 1. The van der Waals surface area contributed by atoms with Crippen LogP contribution in [0.15, 0.2) is 68.8 Å². The first-order valence-corrected chi connectivity index (χ1v) is 13.3. The van der Waals surface area contributed by atoms with Crippen LogP contribution >= 0.6 is 11.8 Å². The van der Waals surface area contributed by atoms with E-state index in [0.29, 0.717) is 22.0 Å². The molecule has 196 valence electrons. The minimum Gasteiger partial charge on any atom is -0.329 e. The summed E-state index contributed by atoms with van der Waals surface area (Å²) in [6.45, 7) is 2.17. The van der Waals surface area contributed by atoms with Gasteiger partial charge in [-0.1, -0.05) is 19.4 Å². The maximum Gasteiger partial charge on any atom is 0.283 e. The summed E-state index contributed by atoms with van der Waals surface area (Å²) in [4.78, 5) is 26.0. The maximum absolute atomic E-state index is 13.1. The molecule has 3 rings (SSSR count). The normalized spacial score (nSPS) is 11.8. The summed E-state index contributed by atoms with van der Waals surface area (Å²) in [7, 11) is -0.869. The molecule has 1 aromatic heterocycles. The predicted molar refractivity (Wildman–Crippen MR) is 139 cm³/mol. The minimum atomic E-state index is -4.05. The minimum absolute atomic E-state index is 0.0293. The molecule has 0 aliphatic heterocycles. The fourth-order valence-electron chi connectivity index (χ4n) is 3.17. The van der Waals surface area contributed by atoms with Crippen LogP contribution in [0, 0.1) is 20.2 Å². The van der Waals surface area contributed by atoms with Crippen molar-refractivity contribution in [2.45, 2.75) is 34.7 Å². The molecule has 0 spiro atoms. The summed E-state index contributed by atoms with van der Waals surface area (Å²) in [6.07, 6.45) is 6.01. The van der Waals surface area contributed by atoms with E-state index in [9.17, 15) is 28.6 Å². The number of hydrazone groups is 1. The SMILES string of the molecule is CCCCN(C)S(=O)(=O)c1cc([N+](=O)[O-])ccc1N/N=C\c1ccc(Sc2nccn2C)c([N+](=O)[O-])c1. The Kier molecular flexibility index (Phi) is 8.96. The Morgan fingerprint density at radius 3 is 2.57 bits per heavy atom. The van der Waals surface area contributed by atoms with Gasteiger partial charge in [-0.2, -0.15) is 5.10 Å². The Hall–Kier alpha value is -3.82. The Morgan fingerprint density at radius 2 is 1.95 bits per heavy atom. The highest BCUT2D eigenvalue weighted by molar-refractivity contribution is 7.99. The van der Waals surface area contributed by atoms with Gasteiger partial charge in [-0.05, 0) is 30.3 Å². The van der Waals surface area contributed by atoms with Crippen LogP contribution in [-0.2, 0) is 17.1 Å². The smallest absolute Gasteiger partial charge is 0.283 e. The number of unbranched alkanes of at least 4 members (excludes halogenated alkanes) is 1. The molecule has 0 aliphatic rings. The lowest BCUT2D eigenvalue weighted by Crippen LogP contribution is -2.28. The second kappa shape index (κ2) is 11.9. The second-order valence-electron chi connectivity index (χ2n) is 7.89. The number of anilines is 1. The van der Waals surface area contributed by atoms with Gasteiger partial charge in [0.25, 0.3) is 11.4 Å². The Bertz CT molecular complexity index is 1440. The highest BCUT2D eigenvalue weighted by Gasteiger charge is 2.26. The molecule has 0 unspecified atom stereocenters. The molecule has 0 atom stereocenters. The van der Waals surface area contributed by atoms with E-state index < -0.39 is 19.9 Å². The first-order chi connectivity index (χ1) is 17.5. The van der Waals surface area contributed by atoms with E-state index in [-0.39, 0.29) is 28.5 Å². The van der Waals surface area contributed by atoms with Gasteiger partial charge in [-0.25, -0.2) is 17.7 Å². The fraction of sp³-hybridized carbons (Fsp3) is 0.273. The molecule has 2 aromatic carbocycles. The van der Waals surface area contributed by atoms with E-state index in [1.807, 2.05) is 6.92 Å². The summed E-state index contributed by atoms with van der Waals surface area (Å²) >= 11 is 1.15. The number of nitro benzene ring substituents is 2. The highest BCUT2D eigenvalue weighted by atomic mass is 32.2. The van der Waals surface area contributed by atoms with Crippen molar-refractivity contribution in [1.29, 1.82) is 0 Å². The zero-order valence-electron chi connectivity index (χ0n) is 20.3. The van der Waals surface area contributed by atoms with Crippen LogP contribution in [-0.4, -0.2) is 51.9 Å². The van der Waals surface area contributed by atoms with E-state index in [1.165, 1.54) is 25.4 Å². The summed E-state index contributed by atoms with van der Waals surface area (Å²) in [5.41, 5.74) is 2.49. The number of rotatable bonds is 12. The number of hydrogen-bond acceptors (Lipinski definition) is 10. The number of nitrogens with one attached hydrogen (secondary N) is 1. The van der Waals surface area contributed by atoms with Gasteiger partial charge in [0, 0.05) is 56.8 Å². The van der Waals surface area contributed by atoms with Crippen molar-refractivity contribution in [1.82, 2.24) is 13.9 Å². The molecule has 15 heteroatoms. The van der Waals surface area contributed by atoms with Crippen LogP contribution in [0.1, 0.15) is 25.3 Å². The van der Waals surface area contributed by atoms with Gasteiger partial charge in [-0.3, -0.25) is 25.7 Å². The summed E-state index contributed by atoms with van der Waals surface area (Å²) in [6, 6.07) is 7.92. The maximum atomic E-state index is 13.1. The third-order valence-electron chi connectivity index (χ3n) is 5.25. The van der Waals surface area contributed by atoms with Crippen molar-refractivity contribution in [3.8, 4) is 0 Å². The molecule has 0 saturated carbocycles. The van der Waals surface area contributed by atoms with Crippen molar-refractivity contribution < 1.29 is 18.3 Å². The zero-order chi connectivity index (χ0) is 27.2. The molecule has 37 heavy (non-hydrogen) atoms. The van der Waals surface area contributed by atoms with Crippen LogP contribution in [0.5, 0.6) is 0 Å². The molecule has 1 N–H and O–H groups in total. The third kappa shape index (κ3) is 6.69. The number of benzene rings is 2. The van der Waals surface area contributed by atoms with Gasteiger partial charge in [0.05, 0.1) is 26.6 Å². The fourth-order valence-corrected chi connectivity index (χ4v) is 5.42. The monoisotopic (exact) mass is 547 g/mol. The number of aromatic nitrogens is 2. The number of non-ortho nitro benzene ring substituents is 1.